The Bertz CT molecular complexity index is 468. The Balaban J connectivity index is 3.77. The number of hydrogen-bond donors (Lipinski definition) is 0. The van der Waals surface area contributed by atoms with Gasteiger partial charge < -0.3 is 9.47 Å². The third-order valence-electron chi connectivity index (χ3n) is 3.84. The van der Waals surface area contributed by atoms with Crippen molar-refractivity contribution >= 4 is 6.16 Å². The molecule has 0 atom stereocenters. The largest absolute Gasteiger partial charge is 0.508 e. The molecule has 0 saturated heterocycles. The number of carbonyl (C=O) groups is 1. The van der Waals surface area contributed by atoms with Crippen LogP contribution < -0.4 is 0 Å². The Labute approximate surface area is 160 Å². The topological polar surface area (TPSA) is 35.5 Å². The molecular weight excluding hydrogens is 324 g/mol. The molecule has 3 nitrogen and oxygen atoms in total. The first-order valence-corrected chi connectivity index (χ1v) is 9.68. The van der Waals surface area contributed by atoms with Crippen LogP contribution in [0.4, 0.5) is 4.79 Å². The maximum atomic E-state index is 11.5. The van der Waals surface area contributed by atoms with Crippen LogP contribution in [-0.2, 0) is 9.47 Å². The van der Waals surface area contributed by atoms with Crippen molar-refractivity contribution in [1.29, 1.82) is 0 Å². The summed E-state index contributed by atoms with van der Waals surface area (Å²) in [6.45, 7) is 13.4. The first kappa shape index (κ1) is 24.2. The van der Waals surface area contributed by atoms with Crippen LogP contribution in [0.5, 0.6) is 0 Å². The Morgan fingerprint density at radius 1 is 0.615 bits per heavy atom. The molecule has 0 saturated carbocycles. The second-order valence-corrected chi connectivity index (χ2v) is 7.27. The van der Waals surface area contributed by atoms with E-state index < -0.39 is 6.16 Å². The molecule has 0 aromatic rings. The van der Waals surface area contributed by atoms with Crippen LogP contribution in [0.2, 0.25) is 0 Å². The van der Waals surface area contributed by atoms with Crippen molar-refractivity contribution in [3.05, 3.63) is 46.6 Å². The molecule has 26 heavy (non-hydrogen) atoms. The fraction of sp³-hybridized carbons (Fsp3) is 0.609. The van der Waals surface area contributed by atoms with Gasteiger partial charge in [-0.15, -0.1) is 0 Å². The highest BCUT2D eigenvalue weighted by Crippen LogP contribution is 2.09. The van der Waals surface area contributed by atoms with Gasteiger partial charge in [0.2, 0.25) is 0 Å². The lowest BCUT2D eigenvalue weighted by atomic mass is 10.1. The quantitative estimate of drug-likeness (QED) is 0.207. The normalized spacial score (nSPS) is 11.8. The van der Waals surface area contributed by atoms with Crippen molar-refractivity contribution in [2.75, 3.05) is 13.2 Å². The molecule has 148 valence electrons. The summed E-state index contributed by atoms with van der Waals surface area (Å²) < 4.78 is 10.2. The van der Waals surface area contributed by atoms with Crippen LogP contribution in [0.3, 0.4) is 0 Å². The van der Waals surface area contributed by atoms with Crippen LogP contribution in [0.15, 0.2) is 46.6 Å². The van der Waals surface area contributed by atoms with Crippen molar-refractivity contribution in [3.8, 4) is 0 Å². The SMILES string of the molecule is CC(C)=CCC/C(C)=C/CCOC(=O)OCC/C=C(\C)CCC=C(C)C. The number of hydrogen-bond acceptors (Lipinski definition) is 3. The lowest BCUT2D eigenvalue weighted by Gasteiger charge is -2.05. The molecule has 3 heteroatoms. The van der Waals surface area contributed by atoms with Crippen LogP contribution in [0, 0.1) is 0 Å². The zero-order valence-corrected chi connectivity index (χ0v) is 17.7. The summed E-state index contributed by atoms with van der Waals surface area (Å²) in [7, 11) is 0. The van der Waals surface area contributed by atoms with E-state index in [9.17, 15) is 4.79 Å². The van der Waals surface area contributed by atoms with Gasteiger partial charge in [-0.1, -0.05) is 46.6 Å². The van der Waals surface area contributed by atoms with Crippen LogP contribution in [-0.4, -0.2) is 19.4 Å². The zero-order chi connectivity index (χ0) is 19.8. The summed E-state index contributed by atoms with van der Waals surface area (Å²) in [5.74, 6) is 0. The van der Waals surface area contributed by atoms with E-state index >= 15 is 0 Å². The molecule has 0 aliphatic rings. The first-order valence-electron chi connectivity index (χ1n) is 9.68. The Kier molecular flexibility index (Phi) is 14.4. The minimum absolute atomic E-state index is 0.371. The van der Waals surface area contributed by atoms with Crippen LogP contribution in [0.25, 0.3) is 0 Å². The second kappa shape index (κ2) is 15.5. The second-order valence-electron chi connectivity index (χ2n) is 7.27. The Morgan fingerprint density at radius 3 is 1.35 bits per heavy atom. The van der Waals surface area contributed by atoms with Crippen LogP contribution >= 0.6 is 0 Å². The van der Waals surface area contributed by atoms with E-state index in [4.69, 9.17) is 9.47 Å². The minimum Gasteiger partial charge on any atom is -0.434 e. The average Bonchev–Trinajstić information content (AvgIpc) is 2.55. The van der Waals surface area contributed by atoms with E-state index in [-0.39, 0.29) is 0 Å². The zero-order valence-electron chi connectivity index (χ0n) is 17.7. The van der Waals surface area contributed by atoms with Crippen LogP contribution in [0.1, 0.15) is 80.1 Å². The van der Waals surface area contributed by atoms with Gasteiger partial charge in [0.25, 0.3) is 0 Å². The molecule has 0 bridgehead atoms. The van der Waals surface area contributed by atoms with Gasteiger partial charge in [0.15, 0.2) is 0 Å². The van der Waals surface area contributed by atoms with E-state index in [1.54, 1.807) is 0 Å². The molecule has 0 N–H and O–H groups in total. The molecule has 0 aromatic carbocycles. The highest BCUT2D eigenvalue weighted by atomic mass is 16.7. The summed E-state index contributed by atoms with van der Waals surface area (Å²) in [4.78, 5) is 11.5. The number of carbonyl (C=O) groups excluding carboxylic acids is 1. The molecule has 0 rings (SSSR count). The fourth-order valence-corrected chi connectivity index (χ4v) is 2.32. The highest BCUT2D eigenvalue weighted by Gasteiger charge is 2.02. The van der Waals surface area contributed by atoms with Gasteiger partial charge >= 0.3 is 6.16 Å². The molecule has 0 radical (unpaired) electrons. The third-order valence-corrected chi connectivity index (χ3v) is 3.84. The lowest BCUT2D eigenvalue weighted by molar-refractivity contribution is 0.0577. The van der Waals surface area contributed by atoms with E-state index in [0.717, 1.165) is 38.5 Å². The molecule has 0 amide bonds. The van der Waals surface area contributed by atoms with Gasteiger partial charge in [0.05, 0.1) is 13.2 Å². The lowest BCUT2D eigenvalue weighted by Crippen LogP contribution is -2.08. The Hall–Kier alpha value is -1.77. The van der Waals surface area contributed by atoms with Crippen molar-refractivity contribution in [2.24, 2.45) is 0 Å². The van der Waals surface area contributed by atoms with Gasteiger partial charge in [-0.25, -0.2) is 4.79 Å². The minimum atomic E-state index is -0.573. The fourth-order valence-electron chi connectivity index (χ4n) is 2.32. The monoisotopic (exact) mass is 362 g/mol. The molecule has 0 heterocycles. The summed E-state index contributed by atoms with van der Waals surface area (Å²) in [5.41, 5.74) is 5.35. The molecule has 0 aliphatic heterocycles. The number of allylic oxidation sites excluding steroid dienone is 6. The predicted molar refractivity (Wildman–Crippen MR) is 111 cm³/mol. The van der Waals surface area contributed by atoms with Gasteiger partial charge in [-0.3, -0.25) is 0 Å². The summed E-state index contributed by atoms with van der Waals surface area (Å²) >= 11 is 0. The molecule has 0 unspecified atom stereocenters. The van der Waals surface area contributed by atoms with E-state index in [2.05, 4.69) is 65.8 Å². The molecule has 0 aromatic heterocycles. The van der Waals surface area contributed by atoms with Gasteiger partial charge in [-0.2, -0.15) is 0 Å². The van der Waals surface area contributed by atoms with Crippen molar-refractivity contribution < 1.29 is 14.3 Å². The summed E-state index contributed by atoms with van der Waals surface area (Å²) in [6, 6.07) is 0. The standard InChI is InChI=1S/C23H38O3/c1-19(2)11-7-13-21(5)15-9-17-25-23(24)26-18-10-16-22(6)14-8-12-20(3)4/h11-12,15-16H,7-10,13-14,17-18H2,1-6H3/b21-15+,22-16+. The van der Waals surface area contributed by atoms with E-state index in [0.29, 0.717) is 13.2 Å². The summed E-state index contributed by atoms with van der Waals surface area (Å²) in [5, 5.41) is 0. The number of ether oxygens (including phenoxy) is 2. The van der Waals surface area contributed by atoms with Gasteiger partial charge in [0.1, 0.15) is 0 Å². The molecule has 0 aliphatic carbocycles. The van der Waals surface area contributed by atoms with Crippen molar-refractivity contribution in [2.45, 2.75) is 80.1 Å². The Morgan fingerprint density at radius 2 is 1.00 bits per heavy atom. The van der Waals surface area contributed by atoms with E-state index in [1.165, 1.54) is 22.3 Å². The third kappa shape index (κ3) is 17.1. The maximum absolute atomic E-state index is 11.5. The molecular formula is C23H38O3. The maximum Gasteiger partial charge on any atom is 0.508 e. The van der Waals surface area contributed by atoms with E-state index in [1.807, 2.05) is 0 Å². The summed E-state index contributed by atoms with van der Waals surface area (Å²) in [6.07, 6.45) is 13.9. The van der Waals surface area contributed by atoms with Crippen molar-refractivity contribution in [1.82, 2.24) is 0 Å². The first-order chi connectivity index (χ1) is 12.3. The highest BCUT2D eigenvalue weighted by molar-refractivity contribution is 5.59. The molecule has 0 spiro atoms. The van der Waals surface area contributed by atoms with Gasteiger partial charge in [-0.05, 0) is 80.1 Å². The number of rotatable bonds is 12. The van der Waals surface area contributed by atoms with Crippen molar-refractivity contribution in [3.63, 3.8) is 0 Å². The van der Waals surface area contributed by atoms with Gasteiger partial charge in [0, 0.05) is 0 Å². The predicted octanol–water partition coefficient (Wildman–Crippen LogP) is 7.31. The smallest absolute Gasteiger partial charge is 0.434 e. The average molecular weight is 363 g/mol. The molecule has 0 fully saturated rings.